The molecular weight excluding hydrogens is 272 g/mol. The van der Waals surface area contributed by atoms with Crippen LogP contribution in [0.1, 0.15) is 38.2 Å². The minimum atomic E-state index is -0.550. The number of hydrogen-bond acceptors (Lipinski definition) is 1. The molecule has 1 saturated carbocycles. The Labute approximate surface area is 124 Å². The fraction of sp³-hybridized carbons (Fsp3) is 0.562. The minimum Gasteiger partial charge on any atom is -0.357 e. The lowest BCUT2D eigenvalue weighted by atomic mass is 10.0. The Balaban J connectivity index is 1.94. The molecule has 1 atom stereocenters. The van der Waals surface area contributed by atoms with Crippen molar-refractivity contribution in [2.24, 2.45) is 10.9 Å². The van der Waals surface area contributed by atoms with Gasteiger partial charge in [0.2, 0.25) is 0 Å². The predicted octanol–water partition coefficient (Wildman–Crippen LogP) is 3.03. The van der Waals surface area contributed by atoms with E-state index in [0.717, 1.165) is 31.0 Å². The van der Waals surface area contributed by atoms with Gasteiger partial charge in [-0.2, -0.15) is 0 Å². The third-order valence-electron chi connectivity index (χ3n) is 3.62. The first-order valence-electron chi connectivity index (χ1n) is 7.57. The predicted molar refractivity (Wildman–Crippen MR) is 81.5 cm³/mol. The van der Waals surface area contributed by atoms with Gasteiger partial charge in [-0.1, -0.05) is 13.0 Å². The molecule has 1 aromatic carbocycles. The molecule has 1 aromatic rings. The Morgan fingerprint density at radius 2 is 2.10 bits per heavy atom. The quantitative estimate of drug-likeness (QED) is 0.625. The maximum atomic E-state index is 13.7. The second-order valence-electron chi connectivity index (χ2n) is 5.61. The summed E-state index contributed by atoms with van der Waals surface area (Å²) in [4.78, 5) is 4.49. The summed E-state index contributed by atoms with van der Waals surface area (Å²) in [5, 5.41) is 6.48. The molecule has 0 heterocycles. The summed E-state index contributed by atoms with van der Waals surface area (Å²) in [6, 6.07) is 3.71. The van der Waals surface area contributed by atoms with Gasteiger partial charge in [0.15, 0.2) is 5.96 Å². The molecule has 3 nitrogen and oxygen atoms in total. The minimum absolute atomic E-state index is 0.0954. The van der Waals surface area contributed by atoms with Crippen LogP contribution in [0.2, 0.25) is 0 Å². The standard InChI is InChI=1S/C16H23F2N3/c1-3-19-16(21-10-12-4-5-12)20-9-11(2)14-7-6-13(17)8-15(14)18/h6-8,11-12H,3-5,9-10H2,1-2H3,(H2,19,20,21). The van der Waals surface area contributed by atoms with Crippen LogP contribution in [0.4, 0.5) is 8.78 Å². The maximum Gasteiger partial charge on any atom is 0.191 e. The Kier molecular flexibility index (Phi) is 5.53. The smallest absolute Gasteiger partial charge is 0.191 e. The molecule has 1 aliphatic rings. The number of hydrogen-bond donors (Lipinski definition) is 2. The van der Waals surface area contributed by atoms with Gasteiger partial charge in [0.1, 0.15) is 11.6 Å². The number of aliphatic imine (C=N–C) groups is 1. The summed E-state index contributed by atoms with van der Waals surface area (Å²) in [6.45, 7) is 6.09. The molecule has 0 aliphatic heterocycles. The Hall–Kier alpha value is -1.65. The van der Waals surface area contributed by atoms with E-state index in [1.807, 2.05) is 13.8 Å². The second-order valence-corrected chi connectivity index (χ2v) is 5.61. The van der Waals surface area contributed by atoms with E-state index < -0.39 is 11.6 Å². The van der Waals surface area contributed by atoms with Gasteiger partial charge in [0.25, 0.3) is 0 Å². The van der Waals surface area contributed by atoms with E-state index >= 15 is 0 Å². The van der Waals surface area contributed by atoms with E-state index in [4.69, 9.17) is 0 Å². The van der Waals surface area contributed by atoms with E-state index in [-0.39, 0.29) is 5.92 Å². The summed E-state index contributed by atoms with van der Waals surface area (Å²) < 4.78 is 26.6. The molecule has 0 radical (unpaired) electrons. The Morgan fingerprint density at radius 1 is 1.33 bits per heavy atom. The Morgan fingerprint density at radius 3 is 2.71 bits per heavy atom. The fourth-order valence-corrected chi connectivity index (χ4v) is 2.13. The molecule has 2 N–H and O–H groups in total. The van der Waals surface area contributed by atoms with E-state index in [9.17, 15) is 8.78 Å². The van der Waals surface area contributed by atoms with Crippen LogP contribution in [0, 0.1) is 17.6 Å². The van der Waals surface area contributed by atoms with E-state index in [2.05, 4.69) is 15.6 Å². The number of guanidine groups is 1. The lowest BCUT2D eigenvalue weighted by Crippen LogP contribution is -2.38. The molecule has 1 fully saturated rings. The van der Waals surface area contributed by atoms with E-state index in [1.54, 1.807) is 0 Å². The van der Waals surface area contributed by atoms with Crippen molar-refractivity contribution < 1.29 is 8.78 Å². The zero-order valence-corrected chi connectivity index (χ0v) is 12.6. The summed E-state index contributed by atoms with van der Waals surface area (Å²) in [5.41, 5.74) is 0.498. The summed E-state index contributed by atoms with van der Waals surface area (Å²) in [5.74, 6) is 0.376. The first-order valence-corrected chi connectivity index (χ1v) is 7.57. The molecule has 0 saturated heterocycles. The highest BCUT2D eigenvalue weighted by Crippen LogP contribution is 2.27. The van der Waals surface area contributed by atoms with E-state index in [1.165, 1.54) is 25.0 Å². The van der Waals surface area contributed by atoms with Gasteiger partial charge < -0.3 is 10.6 Å². The molecule has 1 unspecified atom stereocenters. The van der Waals surface area contributed by atoms with Gasteiger partial charge in [-0.3, -0.25) is 4.99 Å². The van der Waals surface area contributed by atoms with Gasteiger partial charge in [0.05, 0.1) is 0 Å². The molecule has 0 bridgehead atoms. The van der Waals surface area contributed by atoms with Crippen molar-refractivity contribution in [2.45, 2.75) is 32.6 Å². The fourth-order valence-electron chi connectivity index (χ4n) is 2.13. The van der Waals surface area contributed by atoms with Crippen LogP contribution in [-0.2, 0) is 0 Å². The normalized spacial score (nSPS) is 16.7. The molecule has 116 valence electrons. The highest BCUT2D eigenvalue weighted by molar-refractivity contribution is 5.79. The van der Waals surface area contributed by atoms with Crippen molar-refractivity contribution in [2.75, 3.05) is 19.6 Å². The second kappa shape index (κ2) is 7.38. The summed E-state index contributed by atoms with van der Waals surface area (Å²) >= 11 is 0. The Bertz CT molecular complexity index is 498. The summed E-state index contributed by atoms with van der Waals surface area (Å²) in [7, 11) is 0. The highest BCUT2D eigenvalue weighted by atomic mass is 19.1. The third-order valence-corrected chi connectivity index (χ3v) is 3.62. The molecular formula is C16H23F2N3. The van der Waals surface area contributed by atoms with Crippen molar-refractivity contribution in [3.05, 3.63) is 35.4 Å². The highest BCUT2D eigenvalue weighted by Gasteiger charge is 2.21. The van der Waals surface area contributed by atoms with Gasteiger partial charge >= 0.3 is 0 Å². The van der Waals surface area contributed by atoms with Crippen LogP contribution in [-0.4, -0.2) is 25.6 Å². The molecule has 1 aliphatic carbocycles. The van der Waals surface area contributed by atoms with Crippen molar-refractivity contribution in [1.82, 2.24) is 10.6 Å². The molecule has 5 heteroatoms. The van der Waals surface area contributed by atoms with Gasteiger partial charge in [-0.15, -0.1) is 0 Å². The van der Waals surface area contributed by atoms with Gasteiger partial charge in [-0.25, -0.2) is 8.78 Å². The van der Waals surface area contributed by atoms with Gasteiger partial charge in [-0.05, 0) is 37.3 Å². The molecule has 0 amide bonds. The zero-order chi connectivity index (χ0) is 15.2. The first-order chi connectivity index (χ1) is 10.1. The zero-order valence-electron chi connectivity index (χ0n) is 12.6. The van der Waals surface area contributed by atoms with Crippen LogP contribution in [0.5, 0.6) is 0 Å². The monoisotopic (exact) mass is 295 g/mol. The lowest BCUT2D eigenvalue weighted by Gasteiger charge is -2.14. The third kappa shape index (κ3) is 4.99. The van der Waals surface area contributed by atoms with Crippen molar-refractivity contribution in [1.29, 1.82) is 0 Å². The lowest BCUT2D eigenvalue weighted by molar-refractivity contribution is 0.560. The molecule has 0 aromatic heterocycles. The van der Waals surface area contributed by atoms with Crippen LogP contribution < -0.4 is 10.6 Å². The van der Waals surface area contributed by atoms with E-state index in [0.29, 0.717) is 12.1 Å². The summed E-state index contributed by atoms with van der Waals surface area (Å²) in [6.07, 6.45) is 2.56. The van der Waals surface area contributed by atoms with Crippen molar-refractivity contribution in [3.8, 4) is 0 Å². The largest absolute Gasteiger partial charge is 0.357 e. The van der Waals surface area contributed by atoms with Crippen LogP contribution in [0.25, 0.3) is 0 Å². The van der Waals surface area contributed by atoms with Crippen LogP contribution >= 0.6 is 0 Å². The number of nitrogens with zero attached hydrogens (tertiary/aromatic N) is 1. The topological polar surface area (TPSA) is 36.4 Å². The maximum absolute atomic E-state index is 13.7. The number of halogens is 2. The van der Waals surface area contributed by atoms with Crippen molar-refractivity contribution >= 4 is 5.96 Å². The van der Waals surface area contributed by atoms with Gasteiger partial charge in [0, 0.05) is 31.6 Å². The van der Waals surface area contributed by atoms with Crippen LogP contribution in [0.3, 0.4) is 0 Å². The molecule has 21 heavy (non-hydrogen) atoms. The number of nitrogens with one attached hydrogen (secondary N) is 2. The molecule has 2 rings (SSSR count). The average Bonchev–Trinajstić information content (AvgIpc) is 3.25. The SMILES string of the molecule is CCNC(=NCC(C)c1ccc(F)cc1F)NCC1CC1. The number of rotatable bonds is 6. The molecule has 0 spiro atoms. The first kappa shape index (κ1) is 15.7. The van der Waals surface area contributed by atoms with Crippen LogP contribution in [0.15, 0.2) is 23.2 Å². The average molecular weight is 295 g/mol. The van der Waals surface area contributed by atoms with Crippen molar-refractivity contribution in [3.63, 3.8) is 0 Å². The number of benzene rings is 1.